The number of hydrogen-bond donors (Lipinski definition) is 1. The zero-order valence-electron chi connectivity index (χ0n) is 6.89. The summed E-state index contributed by atoms with van der Waals surface area (Å²) in [5.74, 6) is -0.193. The zero-order chi connectivity index (χ0) is 8.41. The second-order valence-electron chi connectivity index (χ2n) is 1.66. The fraction of sp³-hybridized carbons (Fsp3) is 0.857. The summed E-state index contributed by atoms with van der Waals surface area (Å²) in [6.45, 7) is 5.86. The first kappa shape index (κ1) is 12.1. The van der Waals surface area contributed by atoms with E-state index in [0.717, 1.165) is 6.42 Å². The smallest absolute Gasteiger partial charge is 0.302 e. The SMILES string of the molecule is CCCOC(C)=O.CCO. The molecule has 0 radical (unpaired) electrons. The van der Waals surface area contributed by atoms with E-state index >= 15 is 0 Å². The van der Waals surface area contributed by atoms with Crippen molar-refractivity contribution in [1.29, 1.82) is 0 Å². The molecule has 0 unspecified atom stereocenters. The lowest BCUT2D eigenvalue weighted by Crippen LogP contribution is -1.98. The van der Waals surface area contributed by atoms with Gasteiger partial charge in [0.15, 0.2) is 0 Å². The summed E-state index contributed by atoms with van der Waals surface area (Å²) in [4.78, 5) is 9.98. The van der Waals surface area contributed by atoms with Gasteiger partial charge in [-0.3, -0.25) is 4.79 Å². The summed E-state index contributed by atoms with van der Waals surface area (Å²) in [6, 6.07) is 0. The van der Waals surface area contributed by atoms with Gasteiger partial charge in [0.05, 0.1) is 6.61 Å². The van der Waals surface area contributed by atoms with E-state index < -0.39 is 0 Å². The molecule has 62 valence electrons. The molecule has 0 fully saturated rings. The lowest BCUT2D eigenvalue weighted by Gasteiger charge is -1.93. The third-order valence-electron chi connectivity index (χ3n) is 0.509. The molecule has 0 aliphatic heterocycles. The van der Waals surface area contributed by atoms with Gasteiger partial charge in [-0.2, -0.15) is 0 Å². The van der Waals surface area contributed by atoms with Gasteiger partial charge in [0, 0.05) is 13.5 Å². The summed E-state index contributed by atoms with van der Waals surface area (Å²) >= 11 is 0. The molecule has 0 saturated heterocycles. The Bertz CT molecular complexity index is 71.3. The third-order valence-corrected chi connectivity index (χ3v) is 0.509. The van der Waals surface area contributed by atoms with Crippen molar-refractivity contribution in [3.63, 3.8) is 0 Å². The van der Waals surface area contributed by atoms with E-state index in [0.29, 0.717) is 6.61 Å². The van der Waals surface area contributed by atoms with Crippen LogP contribution in [-0.4, -0.2) is 24.3 Å². The number of rotatable bonds is 2. The Labute approximate surface area is 62.0 Å². The van der Waals surface area contributed by atoms with Crippen molar-refractivity contribution in [3.8, 4) is 0 Å². The number of hydrogen-bond acceptors (Lipinski definition) is 3. The molecule has 0 spiro atoms. The number of carbonyl (C=O) groups is 1. The van der Waals surface area contributed by atoms with Crippen LogP contribution >= 0.6 is 0 Å². The Morgan fingerprint density at radius 2 is 1.90 bits per heavy atom. The lowest BCUT2D eigenvalue weighted by molar-refractivity contribution is -0.140. The van der Waals surface area contributed by atoms with Crippen molar-refractivity contribution in [2.45, 2.75) is 27.2 Å². The molecular formula is C7H16O3. The third kappa shape index (κ3) is 26.1. The molecule has 1 N–H and O–H groups in total. The highest BCUT2D eigenvalue weighted by molar-refractivity contribution is 5.65. The van der Waals surface area contributed by atoms with Crippen LogP contribution < -0.4 is 0 Å². The van der Waals surface area contributed by atoms with Gasteiger partial charge in [-0.25, -0.2) is 0 Å². The molecule has 10 heavy (non-hydrogen) atoms. The largest absolute Gasteiger partial charge is 0.466 e. The molecule has 0 rings (SSSR count). The first-order valence-corrected chi connectivity index (χ1v) is 3.43. The first-order valence-electron chi connectivity index (χ1n) is 3.43. The minimum Gasteiger partial charge on any atom is -0.466 e. The number of aliphatic hydroxyl groups excluding tert-OH is 1. The van der Waals surface area contributed by atoms with Crippen molar-refractivity contribution in [1.82, 2.24) is 0 Å². The van der Waals surface area contributed by atoms with Crippen molar-refractivity contribution < 1.29 is 14.6 Å². The predicted octanol–water partition coefficient (Wildman–Crippen LogP) is 0.958. The fourth-order valence-corrected chi connectivity index (χ4v) is 0.246. The normalized spacial score (nSPS) is 7.60. The van der Waals surface area contributed by atoms with E-state index in [-0.39, 0.29) is 12.6 Å². The van der Waals surface area contributed by atoms with E-state index in [1.165, 1.54) is 6.92 Å². The van der Waals surface area contributed by atoms with Gasteiger partial charge in [-0.05, 0) is 13.3 Å². The maximum atomic E-state index is 9.98. The molecule has 0 atom stereocenters. The summed E-state index contributed by atoms with van der Waals surface area (Å²) in [7, 11) is 0. The van der Waals surface area contributed by atoms with Crippen LogP contribution in [0.4, 0.5) is 0 Å². The van der Waals surface area contributed by atoms with Crippen LogP contribution in [0.3, 0.4) is 0 Å². The van der Waals surface area contributed by atoms with Gasteiger partial charge in [0.2, 0.25) is 0 Å². The van der Waals surface area contributed by atoms with E-state index in [1.54, 1.807) is 6.92 Å². The van der Waals surface area contributed by atoms with E-state index in [2.05, 4.69) is 4.74 Å². The molecule has 0 saturated carbocycles. The molecular weight excluding hydrogens is 132 g/mol. The van der Waals surface area contributed by atoms with Crippen LogP contribution in [0, 0.1) is 0 Å². The Kier molecular flexibility index (Phi) is 13.7. The van der Waals surface area contributed by atoms with E-state index in [9.17, 15) is 4.79 Å². The maximum Gasteiger partial charge on any atom is 0.302 e. The highest BCUT2D eigenvalue weighted by Gasteiger charge is 1.85. The zero-order valence-corrected chi connectivity index (χ0v) is 6.89. The van der Waals surface area contributed by atoms with Gasteiger partial charge in [-0.1, -0.05) is 6.92 Å². The molecule has 0 aromatic heterocycles. The molecule has 3 nitrogen and oxygen atoms in total. The number of carbonyl (C=O) groups excluding carboxylic acids is 1. The minimum absolute atomic E-state index is 0.193. The molecule has 3 heteroatoms. The van der Waals surface area contributed by atoms with Crippen molar-refractivity contribution in [3.05, 3.63) is 0 Å². The van der Waals surface area contributed by atoms with Crippen LogP contribution in [0.1, 0.15) is 27.2 Å². The van der Waals surface area contributed by atoms with Crippen LogP contribution in [0.2, 0.25) is 0 Å². The van der Waals surface area contributed by atoms with Gasteiger partial charge in [-0.15, -0.1) is 0 Å². The molecule has 0 aromatic rings. The Balaban J connectivity index is 0. The predicted molar refractivity (Wildman–Crippen MR) is 39.7 cm³/mol. The van der Waals surface area contributed by atoms with Gasteiger partial charge >= 0.3 is 5.97 Å². The topological polar surface area (TPSA) is 46.5 Å². The molecule has 0 aliphatic rings. The van der Waals surface area contributed by atoms with Crippen molar-refractivity contribution >= 4 is 5.97 Å². The number of esters is 1. The van der Waals surface area contributed by atoms with Gasteiger partial charge in [0.1, 0.15) is 0 Å². The summed E-state index contributed by atoms with van der Waals surface area (Å²) < 4.78 is 4.55. The Hall–Kier alpha value is -0.570. The monoisotopic (exact) mass is 148 g/mol. The number of ether oxygens (including phenoxy) is 1. The average Bonchev–Trinajstić information content (AvgIpc) is 1.85. The highest BCUT2D eigenvalue weighted by Crippen LogP contribution is 1.78. The summed E-state index contributed by atoms with van der Waals surface area (Å²) in [6.07, 6.45) is 0.902. The molecule has 0 bridgehead atoms. The van der Waals surface area contributed by atoms with E-state index in [4.69, 9.17) is 5.11 Å². The average molecular weight is 148 g/mol. The van der Waals surface area contributed by atoms with Gasteiger partial charge < -0.3 is 9.84 Å². The minimum atomic E-state index is -0.193. The quantitative estimate of drug-likeness (QED) is 0.593. The standard InChI is InChI=1S/C5H10O2.C2H6O/c1-3-4-7-5(2)6;1-2-3/h3-4H2,1-2H3;3H,2H2,1H3. The van der Waals surface area contributed by atoms with Crippen molar-refractivity contribution in [2.24, 2.45) is 0 Å². The number of aliphatic hydroxyl groups is 1. The highest BCUT2D eigenvalue weighted by atomic mass is 16.5. The first-order chi connectivity index (χ1) is 4.68. The van der Waals surface area contributed by atoms with Crippen LogP contribution in [0.5, 0.6) is 0 Å². The van der Waals surface area contributed by atoms with Crippen LogP contribution in [-0.2, 0) is 9.53 Å². The molecule has 0 heterocycles. The van der Waals surface area contributed by atoms with Crippen LogP contribution in [0.15, 0.2) is 0 Å². The second kappa shape index (κ2) is 11.3. The summed E-state index contributed by atoms with van der Waals surface area (Å²) in [5.41, 5.74) is 0. The summed E-state index contributed by atoms with van der Waals surface area (Å²) in [5, 5.41) is 7.57. The molecule has 0 aliphatic carbocycles. The lowest BCUT2D eigenvalue weighted by atomic mass is 10.5. The fourth-order valence-electron chi connectivity index (χ4n) is 0.246. The molecule has 0 amide bonds. The Morgan fingerprint density at radius 3 is 2.00 bits per heavy atom. The van der Waals surface area contributed by atoms with Crippen LogP contribution in [0.25, 0.3) is 0 Å². The van der Waals surface area contributed by atoms with Gasteiger partial charge in [0.25, 0.3) is 0 Å². The van der Waals surface area contributed by atoms with E-state index in [1.807, 2.05) is 6.92 Å². The van der Waals surface area contributed by atoms with Crippen molar-refractivity contribution in [2.75, 3.05) is 13.2 Å². The Morgan fingerprint density at radius 1 is 1.50 bits per heavy atom. The molecule has 0 aromatic carbocycles. The maximum absolute atomic E-state index is 9.98. The second-order valence-corrected chi connectivity index (χ2v) is 1.66.